The van der Waals surface area contributed by atoms with Crippen LogP contribution in [0.25, 0.3) is 5.76 Å². The van der Waals surface area contributed by atoms with E-state index in [0.717, 1.165) is 5.56 Å². The molecule has 6 nitrogen and oxygen atoms in total. The highest BCUT2D eigenvalue weighted by atomic mass is 19.1. The van der Waals surface area contributed by atoms with Crippen LogP contribution in [0, 0.1) is 5.82 Å². The third-order valence-corrected chi connectivity index (χ3v) is 4.70. The number of pyridine rings is 2. The van der Waals surface area contributed by atoms with Gasteiger partial charge in [-0.25, -0.2) is 4.39 Å². The number of hydrogen-bond donors (Lipinski definition) is 1. The Morgan fingerprint density at radius 1 is 1.03 bits per heavy atom. The number of aliphatic hydroxyl groups excluding tert-OH is 1. The van der Waals surface area contributed by atoms with Crippen molar-refractivity contribution in [2.75, 3.05) is 0 Å². The highest BCUT2D eigenvalue weighted by Crippen LogP contribution is 2.39. The largest absolute Gasteiger partial charge is 0.507 e. The summed E-state index contributed by atoms with van der Waals surface area (Å²) in [5.74, 6) is -2.40. The lowest BCUT2D eigenvalue weighted by atomic mass is 9.98. The Balaban J connectivity index is 1.85. The van der Waals surface area contributed by atoms with Crippen molar-refractivity contribution in [3.63, 3.8) is 0 Å². The summed E-state index contributed by atoms with van der Waals surface area (Å²) < 4.78 is 13.3. The minimum atomic E-state index is -0.874. The summed E-state index contributed by atoms with van der Waals surface area (Å²) in [7, 11) is 0. The first-order chi connectivity index (χ1) is 14.1. The lowest BCUT2D eigenvalue weighted by Crippen LogP contribution is -2.29. The molecule has 1 saturated heterocycles. The van der Waals surface area contributed by atoms with Crippen molar-refractivity contribution < 1.29 is 19.1 Å². The van der Waals surface area contributed by atoms with Gasteiger partial charge in [0.25, 0.3) is 11.7 Å². The zero-order valence-electron chi connectivity index (χ0n) is 15.2. The van der Waals surface area contributed by atoms with E-state index in [-0.39, 0.29) is 23.4 Å². The van der Waals surface area contributed by atoms with Crippen molar-refractivity contribution in [2.45, 2.75) is 12.6 Å². The fourth-order valence-corrected chi connectivity index (χ4v) is 3.34. The van der Waals surface area contributed by atoms with Gasteiger partial charge in [-0.05, 0) is 48.0 Å². The molecule has 0 bridgehead atoms. The Bertz CT molecular complexity index is 1080. The quantitative estimate of drug-likeness (QED) is 0.421. The highest BCUT2D eigenvalue weighted by molar-refractivity contribution is 6.46. The third kappa shape index (κ3) is 3.50. The number of amides is 1. The van der Waals surface area contributed by atoms with E-state index < -0.39 is 23.5 Å². The molecule has 3 heterocycles. The fraction of sp³-hybridized carbons (Fsp3) is 0.0909. The van der Waals surface area contributed by atoms with Gasteiger partial charge in [-0.2, -0.15) is 0 Å². The second-order valence-electron chi connectivity index (χ2n) is 6.55. The number of Topliss-reactive ketones (excluding diaryl/α,β-unsaturated/α-hetero) is 1. The molecule has 0 radical (unpaired) electrons. The number of carbonyl (C=O) groups is 2. The van der Waals surface area contributed by atoms with Crippen LogP contribution < -0.4 is 0 Å². The van der Waals surface area contributed by atoms with E-state index in [0.29, 0.717) is 5.69 Å². The molecular formula is C22H16FN3O3. The zero-order chi connectivity index (χ0) is 20.4. The Morgan fingerprint density at radius 2 is 1.83 bits per heavy atom. The Morgan fingerprint density at radius 3 is 2.48 bits per heavy atom. The van der Waals surface area contributed by atoms with Crippen molar-refractivity contribution in [1.29, 1.82) is 0 Å². The molecule has 29 heavy (non-hydrogen) atoms. The van der Waals surface area contributed by atoms with Gasteiger partial charge in [0.15, 0.2) is 0 Å². The van der Waals surface area contributed by atoms with Gasteiger partial charge in [0.05, 0.1) is 11.3 Å². The standard InChI is InChI=1S/C22H16FN3O3/c23-16-8-6-15(7-9-16)20(27)18-19(17-5-1-2-11-25-17)26(22(29)21(18)28)13-14-4-3-10-24-12-14/h1-12,19,27H,13H2/t19-/m0/s1. The van der Waals surface area contributed by atoms with E-state index in [4.69, 9.17) is 0 Å². The van der Waals surface area contributed by atoms with Crippen LogP contribution in [0.1, 0.15) is 22.9 Å². The molecule has 0 spiro atoms. The van der Waals surface area contributed by atoms with E-state index in [9.17, 15) is 19.1 Å². The maximum Gasteiger partial charge on any atom is 0.296 e. The van der Waals surface area contributed by atoms with E-state index >= 15 is 0 Å². The van der Waals surface area contributed by atoms with Crippen LogP contribution in [0.15, 0.2) is 78.8 Å². The minimum Gasteiger partial charge on any atom is -0.507 e. The predicted molar refractivity (Wildman–Crippen MR) is 103 cm³/mol. The summed E-state index contributed by atoms with van der Waals surface area (Å²) in [4.78, 5) is 35.4. The summed E-state index contributed by atoms with van der Waals surface area (Å²) in [6, 6.07) is 12.9. The van der Waals surface area contributed by atoms with Crippen LogP contribution in [0.5, 0.6) is 0 Å². The van der Waals surface area contributed by atoms with Gasteiger partial charge >= 0.3 is 0 Å². The second-order valence-corrected chi connectivity index (χ2v) is 6.55. The maximum absolute atomic E-state index is 13.3. The molecule has 0 saturated carbocycles. The van der Waals surface area contributed by atoms with Crippen LogP contribution in [-0.4, -0.2) is 31.7 Å². The average molecular weight is 389 g/mol. The lowest BCUT2D eigenvalue weighted by Gasteiger charge is -2.24. The van der Waals surface area contributed by atoms with E-state index in [2.05, 4.69) is 9.97 Å². The highest BCUT2D eigenvalue weighted by Gasteiger charge is 2.46. The number of ketones is 1. The number of hydrogen-bond acceptors (Lipinski definition) is 5. The van der Waals surface area contributed by atoms with Gasteiger partial charge < -0.3 is 10.0 Å². The summed E-state index contributed by atoms with van der Waals surface area (Å²) in [5, 5.41) is 10.8. The number of aliphatic hydroxyl groups is 1. The smallest absolute Gasteiger partial charge is 0.296 e. The molecule has 1 aliphatic rings. The molecule has 1 N–H and O–H groups in total. The van der Waals surface area contributed by atoms with Gasteiger partial charge in [-0.15, -0.1) is 0 Å². The molecule has 0 aliphatic carbocycles. The van der Waals surface area contributed by atoms with Crippen molar-refractivity contribution in [3.05, 3.63) is 101 Å². The molecule has 144 valence electrons. The first-order valence-electron chi connectivity index (χ1n) is 8.90. The predicted octanol–water partition coefficient (Wildman–Crippen LogP) is 3.24. The van der Waals surface area contributed by atoms with Crippen LogP contribution in [-0.2, 0) is 16.1 Å². The number of likely N-dealkylation sites (tertiary alicyclic amines) is 1. The van der Waals surface area contributed by atoms with Gasteiger partial charge in [-0.1, -0.05) is 12.1 Å². The SMILES string of the molecule is O=C1C(=O)N(Cc2cccnc2)[C@@H](c2ccccn2)C1=C(O)c1ccc(F)cc1. The molecule has 3 aromatic rings. The zero-order valence-corrected chi connectivity index (χ0v) is 15.2. The molecule has 2 aromatic heterocycles. The molecule has 1 aromatic carbocycles. The number of nitrogens with zero attached hydrogens (tertiary/aromatic N) is 3. The van der Waals surface area contributed by atoms with Crippen LogP contribution in [0.2, 0.25) is 0 Å². The van der Waals surface area contributed by atoms with E-state index in [1.54, 1.807) is 48.9 Å². The maximum atomic E-state index is 13.3. The normalized spacial score (nSPS) is 18.2. The molecule has 4 rings (SSSR count). The molecule has 7 heteroatoms. The van der Waals surface area contributed by atoms with Gasteiger partial charge in [0.1, 0.15) is 17.6 Å². The molecule has 0 unspecified atom stereocenters. The number of halogens is 1. The molecule has 1 aliphatic heterocycles. The third-order valence-electron chi connectivity index (χ3n) is 4.70. The monoisotopic (exact) mass is 389 g/mol. The van der Waals surface area contributed by atoms with Crippen molar-refractivity contribution >= 4 is 17.4 Å². The van der Waals surface area contributed by atoms with Gasteiger partial charge in [0.2, 0.25) is 0 Å². The first kappa shape index (κ1) is 18.5. The average Bonchev–Trinajstić information content (AvgIpc) is 3.00. The summed E-state index contributed by atoms with van der Waals surface area (Å²) >= 11 is 0. The topological polar surface area (TPSA) is 83.4 Å². The second kappa shape index (κ2) is 7.63. The Labute approximate surface area is 166 Å². The van der Waals surface area contributed by atoms with E-state index in [1.807, 2.05) is 0 Å². The van der Waals surface area contributed by atoms with Crippen LogP contribution in [0.4, 0.5) is 4.39 Å². The summed E-state index contributed by atoms with van der Waals surface area (Å²) in [6.07, 6.45) is 4.77. The van der Waals surface area contributed by atoms with E-state index in [1.165, 1.54) is 29.2 Å². The molecular weight excluding hydrogens is 373 g/mol. The molecule has 1 amide bonds. The Hall–Kier alpha value is -3.87. The Kier molecular flexibility index (Phi) is 4.87. The number of carbonyl (C=O) groups excluding carboxylic acids is 2. The van der Waals surface area contributed by atoms with Crippen molar-refractivity contribution in [2.24, 2.45) is 0 Å². The van der Waals surface area contributed by atoms with Crippen LogP contribution in [0.3, 0.4) is 0 Å². The number of benzene rings is 1. The molecule has 1 fully saturated rings. The fourth-order valence-electron chi connectivity index (χ4n) is 3.34. The minimum absolute atomic E-state index is 0.0794. The van der Waals surface area contributed by atoms with Gasteiger partial charge in [0, 0.05) is 30.7 Å². The van der Waals surface area contributed by atoms with Crippen molar-refractivity contribution in [3.8, 4) is 0 Å². The van der Waals surface area contributed by atoms with Crippen LogP contribution >= 0.6 is 0 Å². The van der Waals surface area contributed by atoms with Crippen molar-refractivity contribution in [1.82, 2.24) is 14.9 Å². The summed E-state index contributed by atoms with van der Waals surface area (Å²) in [5.41, 5.74) is 1.34. The first-order valence-corrected chi connectivity index (χ1v) is 8.90. The lowest BCUT2D eigenvalue weighted by molar-refractivity contribution is -0.140. The van der Waals surface area contributed by atoms with Gasteiger partial charge in [-0.3, -0.25) is 19.6 Å². The molecule has 1 atom stereocenters. The number of rotatable bonds is 4. The summed E-state index contributed by atoms with van der Waals surface area (Å²) in [6.45, 7) is 0.125. The number of aromatic nitrogens is 2.